The second kappa shape index (κ2) is 7.22. The molecule has 2 nitrogen and oxygen atoms in total. The number of halogens is 1. The van der Waals surface area contributed by atoms with E-state index in [0.29, 0.717) is 16.1 Å². The summed E-state index contributed by atoms with van der Waals surface area (Å²) in [5, 5.41) is 0.697. The third kappa shape index (κ3) is 3.77. The van der Waals surface area contributed by atoms with Crippen molar-refractivity contribution in [2.75, 3.05) is 24.0 Å². The van der Waals surface area contributed by atoms with Crippen molar-refractivity contribution in [3.05, 3.63) is 28.8 Å². The standard InChI is InChI=1S/C13H19ClN2S2/c1-4-10(8-18-3)16(2)12-6-5-9(13(15)17)7-11(12)14/h5-7,10H,4,8H2,1-3H3,(H2,15,17). The molecule has 1 aromatic rings. The molecule has 0 fully saturated rings. The molecular weight excluding hydrogens is 284 g/mol. The van der Waals surface area contributed by atoms with Gasteiger partial charge in [0.05, 0.1) is 10.7 Å². The summed E-state index contributed by atoms with van der Waals surface area (Å²) in [6.07, 6.45) is 3.21. The molecule has 18 heavy (non-hydrogen) atoms. The van der Waals surface area contributed by atoms with Crippen LogP contribution in [0.1, 0.15) is 18.9 Å². The van der Waals surface area contributed by atoms with Crippen molar-refractivity contribution < 1.29 is 0 Å². The fourth-order valence-corrected chi connectivity index (χ4v) is 3.12. The number of hydrogen-bond donors (Lipinski definition) is 1. The van der Waals surface area contributed by atoms with Crippen LogP contribution in [0, 0.1) is 0 Å². The number of nitrogens with zero attached hydrogens (tertiary/aromatic N) is 1. The highest BCUT2D eigenvalue weighted by Gasteiger charge is 2.15. The van der Waals surface area contributed by atoms with Gasteiger partial charge in [-0.2, -0.15) is 11.8 Å². The summed E-state index contributed by atoms with van der Waals surface area (Å²) in [7, 11) is 2.08. The predicted molar refractivity (Wildman–Crippen MR) is 88.2 cm³/mol. The zero-order valence-electron chi connectivity index (χ0n) is 10.9. The number of nitrogens with two attached hydrogens (primary N) is 1. The third-order valence-electron chi connectivity index (χ3n) is 2.99. The van der Waals surface area contributed by atoms with Crippen molar-refractivity contribution in [2.45, 2.75) is 19.4 Å². The molecular formula is C13H19ClN2S2. The van der Waals surface area contributed by atoms with Crippen LogP contribution in [0.4, 0.5) is 5.69 Å². The second-order valence-corrected chi connectivity index (χ2v) is 5.92. The van der Waals surface area contributed by atoms with Crippen LogP contribution in [0.25, 0.3) is 0 Å². The van der Waals surface area contributed by atoms with Crippen molar-refractivity contribution >= 4 is 46.3 Å². The minimum atomic E-state index is 0.377. The number of rotatable bonds is 6. The molecule has 1 rings (SSSR count). The van der Waals surface area contributed by atoms with Gasteiger partial charge in [0, 0.05) is 24.4 Å². The van der Waals surface area contributed by atoms with Gasteiger partial charge in [0.2, 0.25) is 0 Å². The molecule has 5 heteroatoms. The van der Waals surface area contributed by atoms with Crippen LogP contribution in [0.15, 0.2) is 18.2 Å². The smallest absolute Gasteiger partial charge is 0.104 e. The lowest BCUT2D eigenvalue weighted by molar-refractivity contribution is 0.673. The first-order valence-corrected chi connectivity index (χ1v) is 8.00. The van der Waals surface area contributed by atoms with E-state index in [9.17, 15) is 0 Å². The molecule has 0 saturated heterocycles. The Labute approximate surface area is 124 Å². The van der Waals surface area contributed by atoms with Crippen molar-refractivity contribution in [1.29, 1.82) is 0 Å². The largest absolute Gasteiger partial charge is 0.389 e. The van der Waals surface area contributed by atoms with Crippen molar-refractivity contribution in [3.8, 4) is 0 Å². The molecule has 0 heterocycles. The summed E-state index contributed by atoms with van der Waals surface area (Å²) >= 11 is 13.1. The number of benzene rings is 1. The Morgan fingerprint density at radius 1 is 1.56 bits per heavy atom. The molecule has 1 aromatic carbocycles. The fourth-order valence-electron chi connectivity index (χ4n) is 1.84. The van der Waals surface area contributed by atoms with Gasteiger partial charge in [0.15, 0.2) is 0 Å². The predicted octanol–water partition coefficient (Wildman–Crippen LogP) is 3.55. The normalized spacial score (nSPS) is 12.2. The SMILES string of the molecule is CCC(CSC)N(C)c1ccc(C(N)=S)cc1Cl. The molecule has 0 aliphatic heterocycles. The Morgan fingerprint density at radius 3 is 2.67 bits per heavy atom. The summed E-state index contributed by atoms with van der Waals surface area (Å²) in [5.41, 5.74) is 7.43. The maximum atomic E-state index is 6.31. The number of anilines is 1. The lowest BCUT2D eigenvalue weighted by Gasteiger charge is -2.29. The van der Waals surface area contributed by atoms with Crippen LogP contribution in [-0.4, -0.2) is 30.1 Å². The molecule has 0 radical (unpaired) electrons. The average Bonchev–Trinajstić information content (AvgIpc) is 2.34. The van der Waals surface area contributed by atoms with Gasteiger partial charge in [0.1, 0.15) is 4.99 Å². The van der Waals surface area contributed by atoms with Gasteiger partial charge in [0.25, 0.3) is 0 Å². The Kier molecular flexibility index (Phi) is 6.26. The molecule has 0 bridgehead atoms. The quantitative estimate of drug-likeness (QED) is 0.814. The summed E-state index contributed by atoms with van der Waals surface area (Å²) in [5.74, 6) is 1.08. The average molecular weight is 303 g/mol. The summed E-state index contributed by atoms with van der Waals surface area (Å²) in [6, 6.07) is 6.22. The molecule has 0 aromatic heterocycles. The molecule has 0 aliphatic rings. The van der Waals surface area contributed by atoms with Crippen LogP contribution < -0.4 is 10.6 Å². The molecule has 1 atom stereocenters. The van der Waals surface area contributed by atoms with Gasteiger partial charge >= 0.3 is 0 Å². The fraction of sp³-hybridized carbons (Fsp3) is 0.462. The molecule has 0 aliphatic carbocycles. The summed E-state index contributed by atoms with van der Waals surface area (Å²) in [4.78, 5) is 2.60. The van der Waals surface area contributed by atoms with Crippen LogP contribution in [0.5, 0.6) is 0 Å². The summed E-state index contributed by atoms with van der Waals surface area (Å²) in [6.45, 7) is 2.19. The lowest BCUT2D eigenvalue weighted by atomic mass is 10.1. The zero-order valence-corrected chi connectivity index (χ0v) is 13.3. The molecule has 0 saturated carbocycles. The zero-order chi connectivity index (χ0) is 13.7. The topological polar surface area (TPSA) is 29.3 Å². The molecule has 2 N–H and O–H groups in total. The first-order chi connectivity index (χ1) is 8.51. The monoisotopic (exact) mass is 302 g/mol. The van der Waals surface area contributed by atoms with Gasteiger partial charge in [-0.3, -0.25) is 0 Å². The molecule has 0 spiro atoms. The first-order valence-electron chi connectivity index (χ1n) is 5.82. The second-order valence-electron chi connectivity index (χ2n) is 4.16. The van der Waals surface area contributed by atoms with E-state index >= 15 is 0 Å². The highest BCUT2D eigenvalue weighted by atomic mass is 35.5. The van der Waals surface area contributed by atoms with E-state index in [2.05, 4.69) is 25.1 Å². The number of hydrogen-bond acceptors (Lipinski definition) is 3. The van der Waals surface area contributed by atoms with E-state index in [4.69, 9.17) is 29.6 Å². The molecule has 1 unspecified atom stereocenters. The van der Waals surface area contributed by atoms with Crippen LogP contribution in [-0.2, 0) is 0 Å². The number of thiocarbonyl (C=S) groups is 1. The minimum Gasteiger partial charge on any atom is -0.389 e. The highest BCUT2D eigenvalue weighted by molar-refractivity contribution is 7.98. The first kappa shape index (κ1) is 15.6. The van der Waals surface area contributed by atoms with E-state index in [1.807, 2.05) is 30.0 Å². The summed E-state index contributed by atoms with van der Waals surface area (Å²) < 4.78 is 0. The van der Waals surface area contributed by atoms with Crippen LogP contribution >= 0.6 is 35.6 Å². The molecule has 100 valence electrons. The van der Waals surface area contributed by atoms with E-state index in [1.165, 1.54) is 0 Å². The Hall–Kier alpha value is -0.450. The maximum absolute atomic E-state index is 6.31. The van der Waals surface area contributed by atoms with Crippen molar-refractivity contribution in [3.63, 3.8) is 0 Å². The maximum Gasteiger partial charge on any atom is 0.104 e. The molecule has 0 amide bonds. The van der Waals surface area contributed by atoms with E-state index in [-0.39, 0.29) is 0 Å². The number of thioether (sulfide) groups is 1. The van der Waals surface area contributed by atoms with Gasteiger partial charge in [-0.15, -0.1) is 0 Å². The highest BCUT2D eigenvalue weighted by Crippen LogP contribution is 2.28. The van der Waals surface area contributed by atoms with E-state index in [0.717, 1.165) is 23.4 Å². The third-order valence-corrected chi connectivity index (χ3v) is 4.25. The van der Waals surface area contributed by atoms with Crippen LogP contribution in [0.3, 0.4) is 0 Å². The Morgan fingerprint density at radius 2 is 2.22 bits per heavy atom. The Bertz CT molecular complexity index is 423. The lowest BCUT2D eigenvalue weighted by Crippen LogP contribution is -2.33. The van der Waals surface area contributed by atoms with Crippen LogP contribution in [0.2, 0.25) is 5.02 Å². The van der Waals surface area contributed by atoms with Gasteiger partial charge in [-0.1, -0.05) is 30.7 Å². The van der Waals surface area contributed by atoms with Crippen molar-refractivity contribution in [1.82, 2.24) is 0 Å². The van der Waals surface area contributed by atoms with Gasteiger partial charge < -0.3 is 10.6 Å². The Balaban J connectivity index is 2.98. The van der Waals surface area contributed by atoms with E-state index < -0.39 is 0 Å². The van der Waals surface area contributed by atoms with Gasteiger partial charge in [-0.25, -0.2) is 0 Å². The van der Waals surface area contributed by atoms with Crippen molar-refractivity contribution in [2.24, 2.45) is 5.73 Å². The van der Waals surface area contributed by atoms with Gasteiger partial charge in [-0.05, 0) is 30.9 Å². The minimum absolute atomic E-state index is 0.377. The van der Waals surface area contributed by atoms with E-state index in [1.54, 1.807) is 0 Å².